The van der Waals surface area contributed by atoms with Crippen LogP contribution in [0.2, 0.25) is 0 Å². The summed E-state index contributed by atoms with van der Waals surface area (Å²) in [6.45, 7) is 2.99. The van der Waals surface area contributed by atoms with Gasteiger partial charge in [-0.05, 0) is 70.6 Å². The first kappa shape index (κ1) is 57.3. The molecule has 0 aromatic heterocycles. The van der Waals surface area contributed by atoms with E-state index in [0.717, 1.165) is 64.2 Å². The Morgan fingerprint density at radius 2 is 1.11 bits per heavy atom. The largest absolute Gasteiger partial charge is 0.472 e. The highest BCUT2D eigenvalue weighted by Crippen LogP contribution is 2.47. The van der Waals surface area contributed by atoms with Crippen LogP contribution in [0.15, 0.2) is 72.9 Å². The molecule has 15 heteroatoms. The number of rotatable bonds is 36. The average molecular weight is 899 g/mol. The second-order valence-electron chi connectivity index (χ2n) is 15.7. The average Bonchev–Trinajstić information content (AvgIpc) is 3.25. The third-order valence-electron chi connectivity index (χ3n) is 10.1. The van der Waals surface area contributed by atoms with E-state index in [1.165, 1.54) is 38.5 Å². The van der Waals surface area contributed by atoms with Crippen molar-refractivity contribution < 1.29 is 68.2 Å². The molecule has 9 atom stereocenters. The molecule has 0 bridgehead atoms. The van der Waals surface area contributed by atoms with Crippen molar-refractivity contribution in [2.24, 2.45) is 0 Å². The number of esters is 2. The number of hydrogen-bond donors (Lipinski definition) is 7. The Labute approximate surface area is 370 Å². The summed E-state index contributed by atoms with van der Waals surface area (Å²) in [5.74, 6) is -1.32. The second kappa shape index (κ2) is 36.6. The van der Waals surface area contributed by atoms with Gasteiger partial charge in [-0.15, -0.1) is 0 Å². The van der Waals surface area contributed by atoms with Crippen LogP contribution in [0.5, 0.6) is 0 Å². The Hall–Kier alpha value is -2.75. The van der Waals surface area contributed by atoms with Crippen molar-refractivity contribution in [1.29, 1.82) is 0 Å². The van der Waals surface area contributed by atoms with Crippen LogP contribution in [-0.4, -0.2) is 110 Å². The molecule has 62 heavy (non-hydrogen) atoms. The molecule has 1 saturated carbocycles. The van der Waals surface area contributed by atoms with E-state index in [0.29, 0.717) is 6.42 Å². The second-order valence-corrected chi connectivity index (χ2v) is 17.1. The zero-order valence-electron chi connectivity index (χ0n) is 37.2. The van der Waals surface area contributed by atoms with Gasteiger partial charge in [0.1, 0.15) is 43.2 Å². The summed E-state index contributed by atoms with van der Waals surface area (Å²) < 4.78 is 33.3. The van der Waals surface area contributed by atoms with E-state index in [1.54, 1.807) is 12.2 Å². The van der Waals surface area contributed by atoms with E-state index in [1.807, 2.05) is 12.2 Å². The number of allylic oxidation sites excluding steroid dienone is 11. The quantitative estimate of drug-likeness (QED) is 0.0105. The first-order valence-electron chi connectivity index (χ1n) is 22.8. The predicted octanol–water partition coefficient (Wildman–Crippen LogP) is 7.69. The molecule has 1 aliphatic rings. The van der Waals surface area contributed by atoms with Crippen LogP contribution in [0.3, 0.4) is 0 Å². The highest BCUT2D eigenvalue weighted by Gasteiger charge is 2.51. The fraction of sp³-hybridized carbons (Fsp3) is 0.702. The van der Waals surface area contributed by atoms with E-state index < -0.39 is 81.8 Å². The normalized spacial score (nSPS) is 23.0. The van der Waals surface area contributed by atoms with E-state index in [9.17, 15) is 49.7 Å². The lowest BCUT2D eigenvalue weighted by atomic mass is 9.85. The monoisotopic (exact) mass is 899 g/mol. The van der Waals surface area contributed by atoms with Crippen molar-refractivity contribution in [1.82, 2.24) is 0 Å². The third-order valence-corrected chi connectivity index (χ3v) is 11.1. The molecule has 4 unspecified atom stereocenters. The molecule has 0 spiro atoms. The van der Waals surface area contributed by atoms with Crippen molar-refractivity contribution >= 4 is 19.8 Å². The number of hydrogen-bond acceptors (Lipinski definition) is 13. The minimum atomic E-state index is -5.18. The molecule has 0 radical (unpaired) electrons. The van der Waals surface area contributed by atoms with E-state index in [2.05, 4.69) is 62.5 Å². The fourth-order valence-corrected chi connectivity index (χ4v) is 7.40. The van der Waals surface area contributed by atoms with Crippen LogP contribution in [-0.2, 0) is 32.7 Å². The molecule has 7 N–H and O–H groups in total. The van der Waals surface area contributed by atoms with E-state index in [4.69, 9.17) is 18.5 Å². The van der Waals surface area contributed by atoms with Gasteiger partial charge in [-0.1, -0.05) is 138 Å². The van der Waals surface area contributed by atoms with Crippen molar-refractivity contribution in [3.05, 3.63) is 72.9 Å². The number of unbranched alkanes of at least 4 members (excludes halogenated alkanes) is 11. The van der Waals surface area contributed by atoms with Crippen molar-refractivity contribution in [3.63, 3.8) is 0 Å². The maximum absolute atomic E-state index is 12.8. The van der Waals surface area contributed by atoms with Gasteiger partial charge >= 0.3 is 19.8 Å². The van der Waals surface area contributed by atoms with Crippen LogP contribution in [0.4, 0.5) is 0 Å². The standard InChI is InChI=1S/C47H79O14P/c1-3-5-7-9-11-13-15-17-18-20-22-24-26-28-30-34-40(49)58-36-39(37-59-62(56,57)61-47-45(54)43(52)42(51)44(53)46(47)55)60-41(50)35-31-33-38(48)32-29-27-25-23-21-19-16-14-12-10-8-6-4-2/h6,8,12,14,17-19,21,25,27,29,32,38-39,42-48,51-55H,3-5,7,9-11,13,15-16,20,22-24,26,28,30-31,33-37H2,1-2H3,(H,56,57)/b8-6-,14-12-,18-17-,21-19-,27-25-,32-29+/t38?,39-,42?,43-,44+,45-,46-,47?/m1/s1. The summed E-state index contributed by atoms with van der Waals surface area (Å²) in [5.41, 5.74) is 0. The molecular formula is C47H79O14P. The molecular weight excluding hydrogens is 819 g/mol. The van der Waals surface area contributed by atoms with Crippen LogP contribution < -0.4 is 0 Å². The zero-order valence-corrected chi connectivity index (χ0v) is 38.1. The summed E-state index contributed by atoms with van der Waals surface area (Å²) in [5, 5.41) is 60.5. The Morgan fingerprint density at radius 3 is 1.71 bits per heavy atom. The topological polar surface area (TPSA) is 230 Å². The van der Waals surface area contributed by atoms with E-state index >= 15 is 0 Å². The Kier molecular flexibility index (Phi) is 33.8. The highest BCUT2D eigenvalue weighted by atomic mass is 31.2. The number of carbonyl (C=O) groups is 2. The van der Waals surface area contributed by atoms with Gasteiger partial charge < -0.3 is 45.0 Å². The van der Waals surface area contributed by atoms with Crippen LogP contribution in [0.1, 0.15) is 149 Å². The Morgan fingerprint density at radius 1 is 0.597 bits per heavy atom. The van der Waals surface area contributed by atoms with Gasteiger partial charge in [0, 0.05) is 12.8 Å². The minimum absolute atomic E-state index is 0.113. The first-order valence-corrected chi connectivity index (χ1v) is 24.3. The van der Waals surface area contributed by atoms with Gasteiger partial charge in [0.2, 0.25) is 0 Å². The third kappa shape index (κ3) is 28.8. The van der Waals surface area contributed by atoms with E-state index in [-0.39, 0.29) is 25.7 Å². The summed E-state index contributed by atoms with van der Waals surface area (Å²) in [6, 6.07) is 0. The lowest BCUT2D eigenvalue weighted by Crippen LogP contribution is -2.64. The van der Waals surface area contributed by atoms with Crippen molar-refractivity contribution in [2.75, 3.05) is 13.2 Å². The summed E-state index contributed by atoms with van der Waals surface area (Å²) in [7, 11) is -5.18. The van der Waals surface area contributed by atoms with Crippen LogP contribution in [0, 0.1) is 0 Å². The maximum atomic E-state index is 12.8. The highest BCUT2D eigenvalue weighted by molar-refractivity contribution is 7.47. The van der Waals surface area contributed by atoms with Crippen molar-refractivity contribution in [3.8, 4) is 0 Å². The zero-order chi connectivity index (χ0) is 45.9. The number of aliphatic hydroxyl groups excluding tert-OH is 6. The van der Waals surface area contributed by atoms with Crippen molar-refractivity contribution in [2.45, 2.75) is 198 Å². The first-order chi connectivity index (χ1) is 29.8. The lowest BCUT2D eigenvalue weighted by molar-refractivity contribution is -0.220. The molecule has 1 fully saturated rings. The molecule has 0 aromatic rings. The summed E-state index contributed by atoms with van der Waals surface area (Å²) in [4.78, 5) is 35.7. The molecule has 356 valence electrons. The van der Waals surface area contributed by atoms with Gasteiger partial charge in [0.05, 0.1) is 12.7 Å². The molecule has 0 heterocycles. The summed E-state index contributed by atoms with van der Waals surface area (Å²) >= 11 is 0. The minimum Gasteiger partial charge on any atom is -0.462 e. The van der Waals surface area contributed by atoms with Crippen LogP contribution >= 0.6 is 7.82 Å². The molecule has 14 nitrogen and oxygen atoms in total. The van der Waals surface area contributed by atoms with Gasteiger partial charge in [0.15, 0.2) is 6.10 Å². The predicted molar refractivity (Wildman–Crippen MR) is 241 cm³/mol. The van der Waals surface area contributed by atoms with Gasteiger partial charge in [-0.3, -0.25) is 18.6 Å². The summed E-state index contributed by atoms with van der Waals surface area (Å²) in [6.07, 6.45) is 28.3. The van der Waals surface area contributed by atoms with Gasteiger partial charge in [-0.25, -0.2) is 4.57 Å². The number of phosphoric acid groups is 1. The molecule has 0 saturated heterocycles. The molecule has 0 aromatic carbocycles. The fourth-order valence-electron chi connectivity index (χ4n) is 6.43. The number of carbonyl (C=O) groups excluding carboxylic acids is 2. The SMILES string of the molecule is CC/C=C\C/C=C\C/C=C\C/C=C\C=C\C(O)CCCC(=O)O[C@H](COC(=O)CCCCCCC/C=C\CCCCCCCC)COP(=O)(O)OC1[C@H](O)[C@H](O)C(O)[C@H](O)[C@H]1O. The molecule has 0 aliphatic heterocycles. The Bertz CT molecular complexity index is 1380. The number of ether oxygens (including phenoxy) is 2. The Balaban J connectivity index is 2.58. The number of phosphoric ester groups is 1. The smallest absolute Gasteiger partial charge is 0.462 e. The van der Waals surface area contributed by atoms with Crippen LogP contribution in [0.25, 0.3) is 0 Å². The lowest BCUT2D eigenvalue weighted by Gasteiger charge is -2.41. The molecule has 1 aliphatic carbocycles. The maximum Gasteiger partial charge on any atom is 0.472 e. The molecule has 1 rings (SSSR count). The molecule has 0 amide bonds. The van der Waals surface area contributed by atoms with Gasteiger partial charge in [0.25, 0.3) is 0 Å². The van der Waals surface area contributed by atoms with Gasteiger partial charge in [-0.2, -0.15) is 0 Å². The number of aliphatic hydroxyl groups is 6.